The average Bonchev–Trinajstić information content (AvgIpc) is 2.67. The van der Waals surface area contributed by atoms with E-state index in [0.29, 0.717) is 12.4 Å². The fraction of sp³-hybridized carbons (Fsp3) is 0.714. The van der Waals surface area contributed by atoms with Gasteiger partial charge in [0, 0.05) is 12.1 Å². The molecule has 4 nitrogen and oxygen atoms in total. The predicted molar refractivity (Wildman–Crippen MR) is 79.0 cm³/mol. The van der Waals surface area contributed by atoms with Crippen LogP contribution in [0.4, 0.5) is 0 Å². The van der Waals surface area contributed by atoms with Crippen molar-refractivity contribution in [3.05, 3.63) is 22.5 Å². The molecular weight excluding hydrogens is 260 g/mol. The Bertz CT molecular complexity index is 465. The first-order valence-electron chi connectivity index (χ1n) is 6.92. The molecule has 0 amide bonds. The Labute approximate surface area is 119 Å². The second kappa shape index (κ2) is 6.46. The minimum absolute atomic E-state index is 0.0637. The van der Waals surface area contributed by atoms with Crippen LogP contribution in [0.3, 0.4) is 0 Å². The van der Waals surface area contributed by atoms with Gasteiger partial charge in [-0.1, -0.05) is 25.7 Å². The minimum Gasteiger partial charge on any atom is -0.480 e. The molecular formula is C14H22N2O2S. The van der Waals surface area contributed by atoms with Crippen molar-refractivity contribution in [2.45, 2.75) is 45.1 Å². The van der Waals surface area contributed by atoms with Gasteiger partial charge in [0.25, 0.3) is 5.56 Å². The lowest BCUT2D eigenvalue weighted by Gasteiger charge is -2.31. The summed E-state index contributed by atoms with van der Waals surface area (Å²) >= 11 is 4.54. The van der Waals surface area contributed by atoms with Crippen molar-refractivity contribution < 1.29 is 4.74 Å². The van der Waals surface area contributed by atoms with Crippen LogP contribution in [-0.4, -0.2) is 22.6 Å². The third-order valence-corrected chi connectivity index (χ3v) is 4.71. The molecule has 0 saturated heterocycles. The van der Waals surface area contributed by atoms with Crippen LogP contribution in [0.1, 0.15) is 38.5 Å². The molecule has 19 heavy (non-hydrogen) atoms. The summed E-state index contributed by atoms with van der Waals surface area (Å²) in [6.07, 6.45) is 7.27. The maximum atomic E-state index is 11.9. The smallest absolute Gasteiger partial charge is 0.266 e. The van der Waals surface area contributed by atoms with Gasteiger partial charge in [-0.3, -0.25) is 4.79 Å². The third-order valence-electron chi connectivity index (χ3n) is 4.04. The molecule has 1 aromatic rings. The molecule has 1 saturated carbocycles. The number of methoxy groups -OCH3 is 1. The molecule has 0 unspecified atom stereocenters. The molecule has 0 atom stereocenters. The predicted octanol–water partition coefficient (Wildman–Crippen LogP) is 2.52. The summed E-state index contributed by atoms with van der Waals surface area (Å²) in [6.45, 7) is 0.645. The summed E-state index contributed by atoms with van der Waals surface area (Å²) in [5, 5.41) is 4.26. The molecule has 2 rings (SSSR count). The van der Waals surface area contributed by atoms with Crippen LogP contribution in [0.25, 0.3) is 0 Å². The van der Waals surface area contributed by atoms with Gasteiger partial charge >= 0.3 is 0 Å². The molecule has 0 spiro atoms. The van der Waals surface area contributed by atoms with E-state index in [9.17, 15) is 4.79 Å². The molecule has 1 aromatic heterocycles. The summed E-state index contributed by atoms with van der Waals surface area (Å²) in [7, 11) is 1.57. The molecule has 0 aromatic carbocycles. The second-order valence-electron chi connectivity index (χ2n) is 5.44. The molecule has 0 bridgehead atoms. The lowest BCUT2D eigenvalue weighted by Crippen LogP contribution is -2.34. The molecule has 5 heteroatoms. The number of thiol groups is 1. The van der Waals surface area contributed by atoms with Crippen molar-refractivity contribution >= 4 is 12.6 Å². The molecule has 1 heterocycles. The van der Waals surface area contributed by atoms with Crippen LogP contribution in [0.5, 0.6) is 5.88 Å². The maximum Gasteiger partial charge on any atom is 0.266 e. The van der Waals surface area contributed by atoms with E-state index in [1.807, 2.05) is 0 Å². The normalized spacial score (nSPS) is 18.8. The van der Waals surface area contributed by atoms with E-state index in [1.165, 1.54) is 31.7 Å². The van der Waals surface area contributed by atoms with E-state index in [0.717, 1.165) is 18.6 Å². The quantitative estimate of drug-likeness (QED) is 0.682. The van der Waals surface area contributed by atoms with Gasteiger partial charge in [-0.2, -0.15) is 12.6 Å². The Morgan fingerprint density at radius 3 is 2.58 bits per heavy atom. The lowest BCUT2D eigenvalue weighted by molar-refractivity contribution is 0.221. The molecule has 0 aliphatic heterocycles. The zero-order chi connectivity index (χ0) is 13.7. The zero-order valence-corrected chi connectivity index (χ0v) is 12.4. The standard InChI is InChI=1S/C14H22N2O2S/c1-18-12-6-7-13(17)16(15-12)10-14(11-19)8-4-2-3-5-9-14/h6-7,19H,2-5,8-11H2,1H3. The molecule has 0 radical (unpaired) electrons. The van der Waals surface area contributed by atoms with Gasteiger partial charge in [0.2, 0.25) is 5.88 Å². The van der Waals surface area contributed by atoms with E-state index >= 15 is 0 Å². The monoisotopic (exact) mass is 282 g/mol. The minimum atomic E-state index is -0.0637. The number of hydrogen-bond acceptors (Lipinski definition) is 4. The number of ether oxygens (including phenoxy) is 1. The van der Waals surface area contributed by atoms with E-state index in [-0.39, 0.29) is 11.0 Å². The Kier molecular flexibility index (Phi) is 4.91. The molecule has 1 aliphatic rings. The Morgan fingerprint density at radius 1 is 1.32 bits per heavy atom. The van der Waals surface area contributed by atoms with Crippen molar-refractivity contribution in [3.8, 4) is 5.88 Å². The zero-order valence-electron chi connectivity index (χ0n) is 11.5. The maximum absolute atomic E-state index is 11.9. The SMILES string of the molecule is COc1ccc(=O)n(CC2(CS)CCCCCC2)n1. The highest BCUT2D eigenvalue weighted by molar-refractivity contribution is 7.80. The van der Waals surface area contributed by atoms with Crippen LogP contribution in [0.2, 0.25) is 0 Å². The van der Waals surface area contributed by atoms with Gasteiger partial charge in [-0.15, -0.1) is 5.10 Å². The summed E-state index contributed by atoms with van der Waals surface area (Å²) < 4.78 is 6.64. The molecule has 106 valence electrons. The van der Waals surface area contributed by atoms with Crippen molar-refractivity contribution in [1.82, 2.24) is 9.78 Å². The first kappa shape index (κ1) is 14.4. The van der Waals surface area contributed by atoms with Crippen LogP contribution in [0, 0.1) is 5.41 Å². The summed E-state index contributed by atoms with van der Waals surface area (Å²) in [6, 6.07) is 3.13. The Balaban J connectivity index is 2.23. The average molecular weight is 282 g/mol. The van der Waals surface area contributed by atoms with E-state index in [4.69, 9.17) is 4.74 Å². The van der Waals surface area contributed by atoms with Gasteiger partial charge in [-0.25, -0.2) is 4.68 Å². The Hall–Kier alpha value is -0.970. The fourth-order valence-corrected chi connectivity index (χ4v) is 3.23. The fourth-order valence-electron chi connectivity index (χ4n) is 2.81. The molecule has 1 aliphatic carbocycles. The van der Waals surface area contributed by atoms with Gasteiger partial charge < -0.3 is 4.74 Å². The topological polar surface area (TPSA) is 44.1 Å². The van der Waals surface area contributed by atoms with Gasteiger partial charge in [-0.05, 0) is 24.0 Å². The van der Waals surface area contributed by atoms with Crippen molar-refractivity contribution in [3.63, 3.8) is 0 Å². The van der Waals surface area contributed by atoms with Crippen LogP contribution >= 0.6 is 12.6 Å². The van der Waals surface area contributed by atoms with E-state index in [2.05, 4.69) is 17.7 Å². The van der Waals surface area contributed by atoms with Crippen molar-refractivity contribution in [2.24, 2.45) is 5.41 Å². The summed E-state index contributed by atoms with van der Waals surface area (Å²) in [4.78, 5) is 11.9. The number of rotatable bonds is 4. The Morgan fingerprint density at radius 2 is 2.00 bits per heavy atom. The third kappa shape index (κ3) is 3.53. The number of aromatic nitrogens is 2. The highest BCUT2D eigenvalue weighted by Gasteiger charge is 2.30. The highest BCUT2D eigenvalue weighted by Crippen LogP contribution is 2.37. The first-order valence-corrected chi connectivity index (χ1v) is 7.55. The first-order chi connectivity index (χ1) is 9.19. The van der Waals surface area contributed by atoms with Gasteiger partial charge in [0.05, 0.1) is 13.7 Å². The second-order valence-corrected chi connectivity index (χ2v) is 5.76. The largest absolute Gasteiger partial charge is 0.480 e. The van der Waals surface area contributed by atoms with Crippen LogP contribution < -0.4 is 10.3 Å². The number of nitrogens with zero attached hydrogens (tertiary/aromatic N) is 2. The van der Waals surface area contributed by atoms with Gasteiger partial charge in [0.15, 0.2) is 0 Å². The molecule has 0 N–H and O–H groups in total. The van der Waals surface area contributed by atoms with Crippen LogP contribution in [0.15, 0.2) is 16.9 Å². The molecule has 1 fully saturated rings. The van der Waals surface area contributed by atoms with Gasteiger partial charge in [0.1, 0.15) is 0 Å². The van der Waals surface area contributed by atoms with E-state index < -0.39 is 0 Å². The van der Waals surface area contributed by atoms with Crippen molar-refractivity contribution in [2.75, 3.05) is 12.9 Å². The lowest BCUT2D eigenvalue weighted by atomic mass is 9.82. The van der Waals surface area contributed by atoms with Crippen LogP contribution in [-0.2, 0) is 6.54 Å². The number of hydrogen-bond donors (Lipinski definition) is 1. The highest BCUT2D eigenvalue weighted by atomic mass is 32.1. The van der Waals surface area contributed by atoms with E-state index in [1.54, 1.807) is 17.9 Å². The summed E-state index contributed by atoms with van der Waals surface area (Å²) in [5.41, 5.74) is 0.0363. The van der Waals surface area contributed by atoms with Crippen molar-refractivity contribution in [1.29, 1.82) is 0 Å². The summed E-state index contributed by atoms with van der Waals surface area (Å²) in [5.74, 6) is 1.29.